The Hall–Kier alpha value is -1.48. The van der Waals surface area contributed by atoms with Crippen LogP contribution in [0.1, 0.15) is 9.68 Å². The molecular formula is C13H13NOS. The molecule has 0 saturated carbocycles. The van der Waals surface area contributed by atoms with Gasteiger partial charge in [-0.15, -0.1) is 11.8 Å². The second-order valence-corrected chi connectivity index (χ2v) is 4.20. The third-order valence-corrected chi connectivity index (χ3v) is 3.07. The Morgan fingerprint density at radius 3 is 2.81 bits per heavy atom. The van der Waals surface area contributed by atoms with Gasteiger partial charge in [0, 0.05) is 5.75 Å². The Morgan fingerprint density at radius 2 is 2.12 bits per heavy atom. The minimum atomic E-state index is -2.43. The molecule has 0 saturated heterocycles. The number of nitrogens with zero attached hydrogens (tertiary/aromatic N) is 1. The molecule has 0 fully saturated rings. The Bertz CT molecular complexity index is 514. The van der Waals surface area contributed by atoms with Gasteiger partial charge in [0.1, 0.15) is 5.75 Å². The molecule has 2 nitrogen and oxygen atoms in total. The minimum absolute atomic E-state index is 0.254. The van der Waals surface area contributed by atoms with Gasteiger partial charge in [-0.3, -0.25) is 0 Å². The fourth-order valence-corrected chi connectivity index (χ4v) is 2.04. The van der Waals surface area contributed by atoms with E-state index in [0.29, 0.717) is 0 Å². The second kappa shape index (κ2) is 5.56. The molecule has 0 aliphatic rings. The SMILES string of the molecule is [2H]C([2H])([2H])Oc1ccc(SCc2ccccc2)nc1. The minimum Gasteiger partial charge on any atom is -0.495 e. The van der Waals surface area contributed by atoms with Crippen molar-refractivity contribution >= 4 is 11.8 Å². The van der Waals surface area contributed by atoms with Crippen LogP contribution in [0.15, 0.2) is 53.7 Å². The number of ether oxygens (including phenoxy) is 1. The highest BCUT2D eigenvalue weighted by atomic mass is 32.2. The number of rotatable bonds is 4. The summed E-state index contributed by atoms with van der Waals surface area (Å²) in [5.74, 6) is 1.08. The molecule has 0 unspecified atom stereocenters. The number of benzene rings is 1. The first kappa shape index (κ1) is 7.74. The van der Waals surface area contributed by atoms with Crippen molar-refractivity contribution < 1.29 is 8.85 Å². The van der Waals surface area contributed by atoms with Gasteiger partial charge in [0.25, 0.3) is 0 Å². The highest BCUT2D eigenvalue weighted by molar-refractivity contribution is 7.98. The van der Waals surface area contributed by atoms with Gasteiger partial charge >= 0.3 is 0 Å². The van der Waals surface area contributed by atoms with E-state index >= 15 is 0 Å². The normalized spacial score (nSPS) is 13.6. The van der Waals surface area contributed by atoms with E-state index in [4.69, 9.17) is 8.85 Å². The lowest BCUT2D eigenvalue weighted by Gasteiger charge is -2.02. The Kier molecular flexibility index (Phi) is 2.69. The molecule has 0 radical (unpaired) electrons. The van der Waals surface area contributed by atoms with Crippen molar-refractivity contribution in [2.75, 3.05) is 7.04 Å². The van der Waals surface area contributed by atoms with Crippen LogP contribution in [0.4, 0.5) is 0 Å². The number of thioether (sulfide) groups is 1. The van der Waals surface area contributed by atoms with Crippen LogP contribution in [0.25, 0.3) is 0 Å². The van der Waals surface area contributed by atoms with E-state index in [-0.39, 0.29) is 5.75 Å². The molecule has 3 heteroatoms. The molecule has 16 heavy (non-hydrogen) atoms. The van der Waals surface area contributed by atoms with Crippen molar-refractivity contribution in [2.24, 2.45) is 0 Å². The quantitative estimate of drug-likeness (QED) is 0.757. The zero-order valence-electron chi connectivity index (χ0n) is 11.6. The van der Waals surface area contributed by atoms with Crippen LogP contribution in [0, 0.1) is 0 Å². The summed E-state index contributed by atoms with van der Waals surface area (Å²) in [6, 6.07) is 13.5. The maximum absolute atomic E-state index is 6.99. The maximum Gasteiger partial charge on any atom is 0.137 e. The Labute approximate surface area is 104 Å². The molecule has 0 bridgehead atoms. The number of hydrogen-bond donors (Lipinski definition) is 0. The summed E-state index contributed by atoms with van der Waals surface area (Å²) in [7, 11) is -2.43. The van der Waals surface area contributed by atoms with Crippen molar-refractivity contribution in [3.63, 3.8) is 0 Å². The molecule has 2 aromatic rings. The third-order valence-electron chi connectivity index (χ3n) is 2.06. The summed E-state index contributed by atoms with van der Waals surface area (Å²) in [6.07, 6.45) is 1.43. The molecular weight excluding hydrogens is 218 g/mol. The summed E-state index contributed by atoms with van der Waals surface area (Å²) >= 11 is 1.59. The summed E-state index contributed by atoms with van der Waals surface area (Å²) in [6.45, 7) is 0. The van der Waals surface area contributed by atoms with Gasteiger partial charge in [0.15, 0.2) is 0 Å². The van der Waals surface area contributed by atoms with Crippen molar-refractivity contribution in [2.45, 2.75) is 10.8 Å². The molecule has 0 amide bonds. The average molecular weight is 234 g/mol. The zero-order valence-corrected chi connectivity index (χ0v) is 9.41. The molecule has 1 aromatic heterocycles. The van der Waals surface area contributed by atoms with E-state index in [1.165, 1.54) is 11.8 Å². The highest BCUT2D eigenvalue weighted by Crippen LogP contribution is 2.21. The second-order valence-electron chi connectivity index (χ2n) is 3.21. The lowest BCUT2D eigenvalue weighted by atomic mass is 10.2. The molecule has 0 aliphatic heterocycles. The van der Waals surface area contributed by atoms with Gasteiger partial charge in [-0.05, 0) is 17.7 Å². The maximum atomic E-state index is 6.99. The summed E-state index contributed by atoms with van der Waals surface area (Å²) in [5.41, 5.74) is 1.22. The number of aromatic nitrogens is 1. The zero-order chi connectivity index (χ0) is 13.7. The van der Waals surface area contributed by atoms with E-state index in [9.17, 15) is 0 Å². The number of pyridine rings is 1. The van der Waals surface area contributed by atoms with Crippen LogP contribution < -0.4 is 4.74 Å². The topological polar surface area (TPSA) is 22.1 Å². The van der Waals surface area contributed by atoms with E-state index in [2.05, 4.69) is 17.1 Å². The predicted octanol–water partition coefficient (Wildman–Crippen LogP) is 3.38. The van der Waals surface area contributed by atoms with Gasteiger partial charge in [-0.2, -0.15) is 0 Å². The van der Waals surface area contributed by atoms with Crippen LogP contribution >= 0.6 is 11.8 Å². The lowest BCUT2D eigenvalue weighted by molar-refractivity contribution is 0.412. The molecule has 2 rings (SSSR count). The third kappa shape index (κ3) is 3.00. The van der Waals surface area contributed by atoms with Crippen molar-refractivity contribution in [3.8, 4) is 5.75 Å². The largest absolute Gasteiger partial charge is 0.495 e. The van der Waals surface area contributed by atoms with Crippen molar-refractivity contribution in [1.82, 2.24) is 4.98 Å². The number of methoxy groups -OCH3 is 1. The van der Waals surface area contributed by atoms with Gasteiger partial charge in [-0.1, -0.05) is 30.3 Å². The number of hydrogen-bond acceptors (Lipinski definition) is 3. The molecule has 0 spiro atoms. The first-order chi connectivity index (χ1) is 9.03. The van der Waals surface area contributed by atoms with E-state index in [0.717, 1.165) is 10.8 Å². The van der Waals surface area contributed by atoms with Crippen LogP contribution in [-0.4, -0.2) is 12.0 Å². The van der Waals surface area contributed by atoms with Crippen LogP contribution in [0.2, 0.25) is 0 Å². The van der Waals surface area contributed by atoms with E-state index < -0.39 is 7.04 Å². The van der Waals surface area contributed by atoms with Crippen molar-refractivity contribution in [3.05, 3.63) is 54.2 Å². The molecule has 0 aliphatic carbocycles. The monoisotopic (exact) mass is 234 g/mol. The van der Waals surface area contributed by atoms with Crippen molar-refractivity contribution in [1.29, 1.82) is 0 Å². The molecule has 1 aromatic carbocycles. The fourth-order valence-electron chi connectivity index (χ4n) is 1.24. The molecule has 1 heterocycles. The highest BCUT2D eigenvalue weighted by Gasteiger charge is 1.97. The summed E-state index contributed by atoms with van der Waals surface area (Å²) in [5, 5.41) is 0.835. The summed E-state index contributed by atoms with van der Waals surface area (Å²) < 4.78 is 25.7. The Morgan fingerprint density at radius 1 is 1.25 bits per heavy atom. The van der Waals surface area contributed by atoms with Gasteiger partial charge in [0.2, 0.25) is 0 Å². The standard InChI is InChI=1S/C13H13NOS/c1-15-12-7-8-13(14-9-12)16-10-11-5-3-2-4-6-11/h2-9H,10H2,1H3/i1D3. The lowest BCUT2D eigenvalue weighted by Crippen LogP contribution is -1.86. The van der Waals surface area contributed by atoms with Crippen LogP contribution in [-0.2, 0) is 5.75 Å². The first-order valence-corrected chi connectivity index (χ1v) is 5.83. The van der Waals surface area contributed by atoms with Crippen LogP contribution in [0.5, 0.6) is 5.75 Å². The van der Waals surface area contributed by atoms with E-state index in [1.807, 2.05) is 18.2 Å². The Balaban J connectivity index is 1.92. The summed E-state index contributed by atoms with van der Waals surface area (Å²) in [4.78, 5) is 4.17. The van der Waals surface area contributed by atoms with Gasteiger partial charge in [-0.25, -0.2) is 4.98 Å². The predicted molar refractivity (Wildman–Crippen MR) is 66.8 cm³/mol. The molecule has 0 atom stereocenters. The fraction of sp³-hybridized carbons (Fsp3) is 0.154. The average Bonchev–Trinajstić information content (AvgIpc) is 2.37. The van der Waals surface area contributed by atoms with E-state index in [1.54, 1.807) is 23.9 Å². The smallest absolute Gasteiger partial charge is 0.137 e. The first-order valence-electron chi connectivity index (χ1n) is 6.35. The van der Waals surface area contributed by atoms with Gasteiger partial charge < -0.3 is 4.74 Å². The van der Waals surface area contributed by atoms with Gasteiger partial charge in [0.05, 0.1) is 22.4 Å². The molecule has 0 N–H and O–H groups in total. The van der Waals surface area contributed by atoms with Crippen LogP contribution in [0.3, 0.4) is 0 Å². The molecule has 82 valence electrons.